The summed E-state index contributed by atoms with van der Waals surface area (Å²) in [6, 6.07) is 3.70. The van der Waals surface area contributed by atoms with Crippen LogP contribution in [0.2, 0.25) is 0 Å². The first-order valence-electron chi connectivity index (χ1n) is 9.63. The van der Waals surface area contributed by atoms with Crippen molar-refractivity contribution < 1.29 is 23.7 Å². The zero-order valence-corrected chi connectivity index (χ0v) is 16.1. The van der Waals surface area contributed by atoms with Gasteiger partial charge in [-0.1, -0.05) is 6.42 Å². The summed E-state index contributed by atoms with van der Waals surface area (Å²) in [4.78, 5) is 12.1. The van der Waals surface area contributed by atoms with Gasteiger partial charge in [-0.25, -0.2) is 4.79 Å². The lowest BCUT2D eigenvalue weighted by atomic mass is 9.98. The van der Waals surface area contributed by atoms with E-state index < -0.39 is 0 Å². The molecule has 0 atom stereocenters. The Kier molecular flexibility index (Phi) is 8.32. The van der Waals surface area contributed by atoms with Gasteiger partial charge in [-0.2, -0.15) is 0 Å². The van der Waals surface area contributed by atoms with Crippen LogP contribution in [0.4, 0.5) is 0 Å². The Hall–Kier alpha value is -2.17. The van der Waals surface area contributed by atoms with Gasteiger partial charge in [0.25, 0.3) is 0 Å². The van der Waals surface area contributed by atoms with Gasteiger partial charge >= 0.3 is 5.97 Å². The van der Waals surface area contributed by atoms with E-state index in [0.29, 0.717) is 37.1 Å². The lowest BCUT2D eigenvalue weighted by Gasteiger charge is -2.21. The average molecular weight is 362 g/mol. The van der Waals surface area contributed by atoms with Gasteiger partial charge in [0, 0.05) is 6.08 Å². The zero-order chi connectivity index (χ0) is 18.8. The molecule has 26 heavy (non-hydrogen) atoms. The molecular formula is C21H30O5. The minimum atomic E-state index is -0.304. The van der Waals surface area contributed by atoms with Gasteiger partial charge in [0.2, 0.25) is 5.75 Å². The van der Waals surface area contributed by atoms with Crippen molar-refractivity contribution in [3.05, 3.63) is 23.8 Å². The standard InChI is InChI=1S/C21H30O5/c1-4-23-18-14-16(15-19(24-5-2)21(18)25-6-3)12-13-20(22)26-17-10-8-7-9-11-17/h12-15,17H,4-11H2,1-3H3. The third kappa shape index (κ3) is 5.97. The molecule has 1 aliphatic carbocycles. The number of benzene rings is 1. The number of carbonyl (C=O) groups excluding carboxylic acids is 1. The summed E-state index contributed by atoms with van der Waals surface area (Å²) in [6.45, 7) is 7.30. The fourth-order valence-electron chi connectivity index (χ4n) is 3.06. The lowest BCUT2D eigenvalue weighted by Crippen LogP contribution is -2.19. The van der Waals surface area contributed by atoms with E-state index in [4.69, 9.17) is 18.9 Å². The van der Waals surface area contributed by atoms with E-state index in [-0.39, 0.29) is 12.1 Å². The molecule has 5 nitrogen and oxygen atoms in total. The predicted octanol–water partition coefficient (Wildman–Crippen LogP) is 4.77. The summed E-state index contributed by atoms with van der Waals surface area (Å²) in [5.41, 5.74) is 0.806. The highest BCUT2D eigenvalue weighted by Gasteiger charge is 2.17. The Morgan fingerprint density at radius 3 is 2.08 bits per heavy atom. The molecule has 0 amide bonds. The van der Waals surface area contributed by atoms with Gasteiger partial charge in [-0.05, 0) is 70.2 Å². The maximum absolute atomic E-state index is 12.1. The molecule has 0 radical (unpaired) electrons. The van der Waals surface area contributed by atoms with Gasteiger partial charge in [0.1, 0.15) is 6.10 Å². The fraction of sp³-hybridized carbons (Fsp3) is 0.571. The van der Waals surface area contributed by atoms with Crippen molar-refractivity contribution in [1.82, 2.24) is 0 Å². The van der Waals surface area contributed by atoms with E-state index in [0.717, 1.165) is 31.2 Å². The van der Waals surface area contributed by atoms with Crippen LogP contribution in [0.1, 0.15) is 58.4 Å². The summed E-state index contributed by atoms with van der Waals surface area (Å²) in [7, 11) is 0. The molecule has 1 aliphatic rings. The van der Waals surface area contributed by atoms with Crippen molar-refractivity contribution in [3.63, 3.8) is 0 Å². The van der Waals surface area contributed by atoms with E-state index in [1.807, 2.05) is 32.9 Å². The summed E-state index contributed by atoms with van der Waals surface area (Å²) in [5.74, 6) is 1.51. The summed E-state index contributed by atoms with van der Waals surface area (Å²) in [5, 5.41) is 0. The second-order valence-corrected chi connectivity index (χ2v) is 6.18. The predicted molar refractivity (Wildman–Crippen MR) is 102 cm³/mol. The van der Waals surface area contributed by atoms with Crippen LogP contribution in [0.3, 0.4) is 0 Å². The van der Waals surface area contributed by atoms with E-state index >= 15 is 0 Å². The third-order valence-electron chi connectivity index (χ3n) is 4.18. The largest absolute Gasteiger partial charge is 0.490 e. The van der Waals surface area contributed by atoms with Gasteiger partial charge in [-0.3, -0.25) is 0 Å². The molecule has 1 fully saturated rings. The second kappa shape index (κ2) is 10.7. The number of ether oxygens (including phenoxy) is 4. The van der Waals surface area contributed by atoms with Crippen molar-refractivity contribution in [1.29, 1.82) is 0 Å². The van der Waals surface area contributed by atoms with Crippen LogP contribution in [0.5, 0.6) is 17.2 Å². The van der Waals surface area contributed by atoms with E-state index in [1.165, 1.54) is 12.5 Å². The Morgan fingerprint density at radius 2 is 1.54 bits per heavy atom. The molecule has 0 spiro atoms. The molecule has 0 aromatic heterocycles. The van der Waals surface area contributed by atoms with Gasteiger partial charge in [0.05, 0.1) is 19.8 Å². The van der Waals surface area contributed by atoms with Crippen LogP contribution < -0.4 is 14.2 Å². The van der Waals surface area contributed by atoms with Crippen molar-refractivity contribution in [3.8, 4) is 17.2 Å². The maximum atomic E-state index is 12.1. The molecule has 0 unspecified atom stereocenters. The molecule has 1 saturated carbocycles. The Balaban J connectivity index is 2.14. The zero-order valence-electron chi connectivity index (χ0n) is 16.1. The third-order valence-corrected chi connectivity index (χ3v) is 4.18. The second-order valence-electron chi connectivity index (χ2n) is 6.18. The number of esters is 1. The van der Waals surface area contributed by atoms with Crippen molar-refractivity contribution in [2.24, 2.45) is 0 Å². The smallest absolute Gasteiger partial charge is 0.331 e. The normalized spacial score (nSPS) is 15.0. The van der Waals surface area contributed by atoms with E-state index in [1.54, 1.807) is 6.08 Å². The van der Waals surface area contributed by atoms with Crippen LogP contribution in [-0.4, -0.2) is 31.9 Å². The molecule has 1 aromatic rings. The minimum absolute atomic E-state index is 0.0548. The first kappa shape index (κ1) is 20.1. The Labute approximate surface area is 156 Å². The summed E-state index contributed by atoms with van der Waals surface area (Å²) >= 11 is 0. The average Bonchev–Trinajstić information content (AvgIpc) is 2.64. The van der Waals surface area contributed by atoms with Crippen molar-refractivity contribution in [2.45, 2.75) is 59.0 Å². The molecule has 0 saturated heterocycles. The first-order valence-corrected chi connectivity index (χ1v) is 9.63. The number of rotatable bonds is 9. The molecule has 1 aromatic carbocycles. The molecule has 0 N–H and O–H groups in total. The van der Waals surface area contributed by atoms with Crippen LogP contribution in [0.25, 0.3) is 6.08 Å². The SMILES string of the molecule is CCOc1cc(C=CC(=O)OC2CCCCC2)cc(OCC)c1OCC. The molecule has 0 heterocycles. The van der Waals surface area contributed by atoms with Crippen molar-refractivity contribution in [2.75, 3.05) is 19.8 Å². The highest BCUT2D eigenvalue weighted by Crippen LogP contribution is 2.39. The quantitative estimate of drug-likeness (QED) is 0.468. The highest BCUT2D eigenvalue weighted by molar-refractivity contribution is 5.87. The van der Waals surface area contributed by atoms with E-state index in [9.17, 15) is 4.79 Å². The van der Waals surface area contributed by atoms with Crippen LogP contribution in [-0.2, 0) is 9.53 Å². The minimum Gasteiger partial charge on any atom is -0.490 e. The highest BCUT2D eigenvalue weighted by atomic mass is 16.5. The Bertz CT molecular complexity index is 575. The topological polar surface area (TPSA) is 54.0 Å². The van der Waals surface area contributed by atoms with Crippen LogP contribution in [0.15, 0.2) is 18.2 Å². The molecular weight excluding hydrogens is 332 g/mol. The lowest BCUT2D eigenvalue weighted by molar-refractivity contribution is -0.144. The number of hydrogen-bond acceptors (Lipinski definition) is 5. The van der Waals surface area contributed by atoms with Gasteiger partial charge in [0.15, 0.2) is 11.5 Å². The number of carbonyl (C=O) groups is 1. The maximum Gasteiger partial charge on any atom is 0.331 e. The Morgan fingerprint density at radius 1 is 0.962 bits per heavy atom. The number of hydrogen-bond donors (Lipinski definition) is 0. The fourth-order valence-corrected chi connectivity index (χ4v) is 3.06. The monoisotopic (exact) mass is 362 g/mol. The van der Waals surface area contributed by atoms with Crippen LogP contribution >= 0.6 is 0 Å². The van der Waals surface area contributed by atoms with Crippen LogP contribution in [0, 0.1) is 0 Å². The first-order chi connectivity index (χ1) is 12.7. The summed E-state index contributed by atoms with van der Waals surface area (Å²) in [6.07, 6.45) is 8.68. The molecule has 144 valence electrons. The molecule has 5 heteroatoms. The van der Waals surface area contributed by atoms with E-state index in [2.05, 4.69) is 0 Å². The molecule has 2 rings (SSSR count). The molecule has 0 aliphatic heterocycles. The summed E-state index contributed by atoms with van der Waals surface area (Å²) < 4.78 is 22.6. The molecule has 0 bridgehead atoms. The van der Waals surface area contributed by atoms with Gasteiger partial charge in [-0.15, -0.1) is 0 Å². The van der Waals surface area contributed by atoms with Crippen molar-refractivity contribution >= 4 is 12.0 Å². The van der Waals surface area contributed by atoms with Gasteiger partial charge < -0.3 is 18.9 Å².